The largest absolute Gasteiger partial charge is 0.481 e. The minimum Gasteiger partial charge on any atom is -0.481 e. The van der Waals surface area contributed by atoms with Gasteiger partial charge in [-0.25, -0.2) is 4.79 Å². The maximum Gasteiger partial charge on any atom is 0.410 e. The number of nitrogens with zero attached hydrogens (tertiary/aromatic N) is 1. The Balaban J connectivity index is 2.22. The van der Waals surface area contributed by atoms with Crippen LogP contribution in [0.2, 0.25) is 0 Å². The molecule has 0 spiro atoms. The van der Waals surface area contributed by atoms with Gasteiger partial charge in [-0.2, -0.15) is 0 Å². The lowest BCUT2D eigenvalue weighted by Gasteiger charge is -2.47. The Kier molecular flexibility index (Phi) is 4.44. The number of carbonyl (C=O) groups excluding carboxylic acids is 1. The van der Waals surface area contributed by atoms with Crippen molar-refractivity contribution in [2.24, 2.45) is 5.41 Å². The maximum absolute atomic E-state index is 12.3. The molecule has 0 radical (unpaired) electrons. The van der Waals surface area contributed by atoms with Crippen LogP contribution >= 0.6 is 0 Å². The molecule has 2 fully saturated rings. The van der Waals surface area contributed by atoms with Gasteiger partial charge >= 0.3 is 12.1 Å². The van der Waals surface area contributed by atoms with E-state index in [1.165, 1.54) is 4.90 Å². The summed E-state index contributed by atoms with van der Waals surface area (Å²) in [5.41, 5.74) is -3.12. The Morgan fingerprint density at radius 2 is 1.68 bits per heavy atom. The van der Waals surface area contributed by atoms with Gasteiger partial charge in [0.2, 0.25) is 0 Å². The first-order chi connectivity index (χ1) is 10.1. The topological polar surface area (TPSA) is 87.1 Å². The van der Waals surface area contributed by atoms with Gasteiger partial charge in [-0.05, 0) is 46.5 Å². The molecule has 1 aliphatic heterocycles. The van der Waals surface area contributed by atoms with Crippen LogP contribution in [0.4, 0.5) is 4.79 Å². The van der Waals surface area contributed by atoms with Crippen LogP contribution < -0.4 is 0 Å². The summed E-state index contributed by atoms with van der Waals surface area (Å²) >= 11 is 0. The van der Waals surface area contributed by atoms with Gasteiger partial charge in [0.25, 0.3) is 0 Å². The van der Waals surface area contributed by atoms with Gasteiger partial charge in [-0.15, -0.1) is 0 Å². The Labute approximate surface area is 131 Å². The Morgan fingerprint density at radius 3 is 2.18 bits per heavy atom. The highest BCUT2D eigenvalue weighted by Crippen LogP contribution is 2.49. The summed E-state index contributed by atoms with van der Waals surface area (Å²) in [5.74, 6) is -1.01. The number of piperidine rings is 1. The fraction of sp³-hybridized carbons (Fsp3) is 0.875. The van der Waals surface area contributed by atoms with Crippen LogP contribution in [0.1, 0.15) is 59.3 Å². The van der Waals surface area contributed by atoms with Gasteiger partial charge in [0.15, 0.2) is 0 Å². The molecule has 2 N–H and O–H groups in total. The highest BCUT2D eigenvalue weighted by atomic mass is 16.6. The zero-order valence-corrected chi connectivity index (χ0v) is 13.7. The molecule has 1 saturated heterocycles. The van der Waals surface area contributed by atoms with Crippen molar-refractivity contribution in [1.82, 2.24) is 4.90 Å². The normalized spacial score (nSPS) is 28.5. The van der Waals surface area contributed by atoms with Crippen molar-refractivity contribution in [2.45, 2.75) is 70.5 Å². The Hall–Kier alpha value is -1.30. The summed E-state index contributed by atoms with van der Waals surface area (Å²) < 4.78 is 5.36. The molecule has 6 heteroatoms. The van der Waals surface area contributed by atoms with E-state index in [1.807, 2.05) is 0 Å². The average molecular weight is 313 g/mol. The van der Waals surface area contributed by atoms with Crippen LogP contribution in [0.25, 0.3) is 0 Å². The molecule has 1 heterocycles. The van der Waals surface area contributed by atoms with Crippen LogP contribution in [0, 0.1) is 5.41 Å². The molecule has 22 heavy (non-hydrogen) atoms. The zero-order valence-electron chi connectivity index (χ0n) is 13.7. The second-order valence-electron chi connectivity index (χ2n) is 7.63. The molecular weight excluding hydrogens is 286 g/mol. The highest BCUT2D eigenvalue weighted by Gasteiger charge is 2.59. The number of carboxylic acids is 1. The molecule has 0 aromatic rings. The summed E-state index contributed by atoms with van der Waals surface area (Å²) in [5, 5.41) is 20.7. The summed E-state index contributed by atoms with van der Waals surface area (Å²) in [4.78, 5) is 25.7. The average Bonchev–Trinajstić information content (AvgIpc) is 2.85. The number of rotatable bonds is 2. The van der Waals surface area contributed by atoms with E-state index in [0.717, 1.165) is 12.8 Å². The van der Waals surface area contributed by atoms with Gasteiger partial charge in [0, 0.05) is 13.1 Å². The molecule has 0 bridgehead atoms. The van der Waals surface area contributed by atoms with E-state index in [4.69, 9.17) is 4.74 Å². The molecule has 1 unspecified atom stereocenters. The fourth-order valence-electron chi connectivity index (χ4n) is 3.73. The predicted molar refractivity (Wildman–Crippen MR) is 80.5 cm³/mol. The summed E-state index contributed by atoms with van der Waals surface area (Å²) in [6.45, 7) is 5.84. The van der Waals surface area contributed by atoms with Crippen molar-refractivity contribution < 1.29 is 24.5 Å². The third kappa shape index (κ3) is 3.07. The standard InChI is InChI=1S/C16H27NO5/c1-14(2,3)22-13(20)17-10-6-7-15(11-17,12(18)19)16(21)8-4-5-9-16/h21H,4-11H2,1-3H3,(H,18,19). The van der Waals surface area contributed by atoms with E-state index in [2.05, 4.69) is 0 Å². The molecule has 126 valence electrons. The van der Waals surface area contributed by atoms with Crippen molar-refractivity contribution >= 4 is 12.1 Å². The molecule has 6 nitrogen and oxygen atoms in total. The summed E-state index contributed by atoms with van der Waals surface area (Å²) in [6, 6.07) is 0. The van der Waals surface area contributed by atoms with Gasteiger partial charge in [0.05, 0.1) is 5.60 Å². The molecule has 2 rings (SSSR count). The lowest BCUT2D eigenvalue weighted by Crippen LogP contribution is -2.61. The van der Waals surface area contributed by atoms with Crippen LogP contribution in [0.3, 0.4) is 0 Å². The third-order valence-corrected chi connectivity index (χ3v) is 4.87. The number of aliphatic carboxylic acids is 1. The minimum absolute atomic E-state index is 0.0216. The van der Waals surface area contributed by atoms with E-state index in [-0.39, 0.29) is 6.54 Å². The van der Waals surface area contributed by atoms with E-state index in [0.29, 0.717) is 32.2 Å². The quantitative estimate of drug-likeness (QED) is 0.817. The van der Waals surface area contributed by atoms with Gasteiger partial charge < -0.3 is 19.8 Å². The van der Waals surface area contributed by atoms with Crippen molar-refractivity contribution in [3.63, 3.8) is 0 Å². The van der Waals surface area contributed by atoms with Crippen LogP contribution in [-0.4, -0.2) is 51.5 Å². The monoisotopic (exact) mass is 313 g/mol. The van der Waals surface area contributed by atoms with Crippen molar-refractivity contribution in [3.8, 4) is 0 Å². The van der Waals surface area contributed by atoms with E-state index in [9.17, 15) is 19.8 Å². The summed E-state index contributed by atoms with van der Waals surface area (Å²) in [6.07, 6.45) is 3.10. The molecule has 1 aliphatic carbocycles. The first-order valence-corrected chi connectivity index (χ1v) is 8.03. The molecule has 0 aromatic carbocycles. The molecule has 0 aromatic heterocycles. The van der Waals surface area contributed by atoms with E-state index >= 15 is 0 Å². The highest BCUT2D eigenvalue weighted by molar-refractivity contribution is 5.78. The van der Waals surface area contributed by atoms with Crippen molar-refractivity contribution in [1.29, 1.82) is 0 Å². The lowest BCUT2D eigenvalue weighted by molar-refractivity contribution is -0.177. The first-order valence-electron chi connectivity index (χ1n) is 8.03. The number of ether oxygens (including phenoxy) is 1. The molecular formula is C16H27NO5. The molecule has 1 saturated carbocycles. The summed E-state index contributed by atoms with van der Waals surface area (Å²) in [7, 11) is 0. The number of carboxylic acid groups (broad SMARTS) is 1. The number of hydrogen-bond donors (Lipinski definition) is 2. The van der Waals surface area contributed by atoms with Gasteiger partial charge in [-0.3, -0.25) is 4.79 Å². The van der Waals surface area contributed by atoms with Crippen molar-refractivity contribution in [3.05, 3.63) is 0 Å². The lowest BCUT2D eigenvalue weighted by atomic mass is 9.66. The third-order valence-electron chi connectivity index (χ3n) is 4.87. The van der Waals surface area contributed by atoms with Gasteiger partial charge in [-0.1, -0.05) is 12.8 Å². The zero-order chi connectivity index (χ0) is 16.6. The smallest absolute Gasteiger partial charge is 0.410 e. The van der Waals surface area contributed by atoms with Crippen LogP contribution in [0.15, 0.2) is 0 Å². The van der Waals surface area contributed by atoms with Crippen LogP contribution in [-0.2, 0) is 9.53 Å². The second kappa shape index (κ2) is 5.72. The number of carbonyl (C=O) groups is 2. The van der Waals surface area contributed by atoms with E-state index in [1.54, 1.807) is 20.8 Å². The fourth-order valence-corrected chi connectivity index (χ4v) is 3.73. The SMILES string of the molecule is CC(C)(C)OC(=O)N1CCCC(C(=O)O)(C2(O)CCCC2)C1. The number of hydrogen-bond acceptors (Lipinski definition) is 4. The van der Waals surface area contributed by atoms with Crippen LogP contribution in [0.5, 0.6) is 0 Å². The molecule has 1 atom stereocenters. The Bertz CT molecular complexity index is 450. The number of aliphatic hydroxyl groups is 1. The maximum atomic E-state index is 12.3. The Morgan fingerprint density at radius 1 is 1.09 bits per heavy atom. The minimum atomic E-state index is -1.28. The predicted octanol–water partition coefficient (Wildman–Crippen LogP) is 2.39. The van der Waals surface area contributed by atoms with Gasteiger partial charge in [0.1, 0.15) is 11.0 Å². The number of likely N-dealkylation sites (tertiary alicyclic amines) is 1. The molecule has 1 amide bonds. The van der Waals surface area contributed by atoms with Crippen molar-refractivity contribution in [2.75, 3.05) is 13.1 Å². The number of amides is 1. The second-order valence-corrected chi connectivity index (χ2v) is 7.63. The molecule has 2 aliphatic rings. The first kappa shape index (κ1) is 17.1. The van der Waals surface area contributed by atoms with E-state index < -0.39 is 28.7 Å².